The van der Waals surface area contributed by atoms with Gasteiger partial charge in [0.2, 0.25) is 5.09 Å². The maximum atomic E-state index is 12.4. The zero-order valence-corrected chi connectivity index (χ0v) is 14.8. The Kier molecular flexibility index (Phi) is 4.90. The van der Waals surface area contributed by atoms with Crippen LogP contribution in [0.4, 0.5) is 0 Å². The predicted octanol–water partition coefficient (Wildman–Crippen LogP) is 2.49. The molecule has 1 atom stereocenters. The van der Waals surface area contributed by atoms with E-state index in [1.807, 2.05) is 33.9 Å². The first kappa shape index (κ1) is 17.4. The Hall–Kier alpha value is -0.633. The summed E-state index contributed by atoms with van der Waals surface area (Å²) in [6, 6.07) is 1.47. The van der Waals surface area contributed by atoms with Gasteiger partial charge in [-0.1, -0.05) is 33.9 Å². The number of hydrogen-bond donors (Lipinski definition) is 2. The second-order valence-electron chi connectivity index (χ2n) is 6.81. The van der Waals surface area contributed by atoms with Crippen molar-refractivity contribution in [1.82, 2.24) is 4.39 Å². The summed E-state index contributed by atoms with van der Waals surface area (Å²) in [5, 5.41) is 9.12. The molecule has 1 aromatic rings. The van der Waals surface area contributed by atoms with Crippen LogP contribution in [0.1, 0.15) is 33.3 Å². The lowest BCUT2D eigenvalue weighted by molar-refractivity contribution is 0.195. The zero-order chi connectivity index (χ0) is 15.8. The Bertz CT molecular complexity index is 555. The lowest BCUT2D eigenvalue weighted by atomic mass is 10.2. The quantitative estimate of drug-likeness (QED) is 0.817. The molecule has 7 heteroatoms. The van der Waals surface area contributed by atoms with Gasteiger partial charge >= 0.3 is 0 Å². The third kappa shape index (κ3) is 4.18. The standard InChI is InChI=1S/C13H25NO4SSi/c1-10(15)7-11-8-12(18-9-11)19(16,17)14-20(5,6)13(2,3)4/h8-10,14-15H,7H2,1-6H3. The first-order valence-corrected chi connectivity index (χ1v) is 11.1. The molecular formula is C13H25NO4SSi. The average molecular weight is 319 g/mol. The van der Waals surface area contributed by atoms with Crippen molar-refractivity contribution in [2.75, 3.05) is 0 Å². The summed E-state index contributed by atoms with van der Waals surface area (Å²) in [4.78, 5) is 0. The molecule has 0 radical (unpaired) electrons. The molecule has 116 valence electrons. The maximum absolute atomic E-state index is 12.4. The van der Waals surface area contributed by atoms with Crippen molar-refractivity contribution in [2.24, 2.45) is 0 Å². The van der Waals surface area contributed by atoms with E-state index in [9.17, 15) is 13.5 Å². The maximum Gasteiger partial charge on any atom is 0.268 e. The largest absolute Gasteiger partial charge is 0.451 e. The average Bonchev–Trinajstić information content (AvgIpc) is 2.62. The number of aliphatic hydroxyl groups excluding tert-OH is 1. The molecule has 0 aliphatic heterocycles. The van der Waals surface area contributed by atoms with Crippen molar-refractivity contribution in [3.63, 3.8) is 0 Å². The molecule has 5 nitrogen and oxygen atoms in total. The predicted molar refractivity (Wildman–Crippen MR) is 81.6 cm³/mol. The topological polar surface area (TPSA) is 79.5 Å². The molecule has 20 heavy (non-hydrogen) atoms. The van der Waals surface area contributed by atoms with Crippen molar-refractivity contribution in [3.05, 3.63) is 17.9 Å². The van der Waals surface area contributed by atoms with Crippen LogP contribution in [0.15, 0.2) is 21.8 Å². The smallest absolute Gasteiger partial charge is 0.268 e. The van der Waals surface area contributed by atoms with Crippen LogP contribution in [0.2, 0.25) is 18.1 Å². The third-order valence-corrected chi connectivity index (χ3v) is 11.3. The third-order valence-electron chi connectivity index (χ3n) is 3.69. The first-order chi connectivity index (χ1) is 8.85. The van der Waals surface area contributed by atoms with E-state index in [0.29, 0.717) is 12.0 Å². The second-order valence-corrected chi connectivity index (χ2v) is 13.8. The molecule has 0 saturated carbocycles. The van der Waals surface area contributed by atoms with E-state index in [1.165, 1.54) is 12.3 Å². The van der Waals surface area contributed by atoms with E-state index < -0.39 is 24.4 Å². The monoisotopic (exact) mass is 319 g/mol. The number of sulfonamides is 1. The van der Waals surface area contributed by atoms with Crippen LogP contribution >= 0.6 is 0 Å². The molecule has 0 aliphatic rings. The van der Waals surface area contributed by atoms with Crippen LogP contribution in [-0.2, 0) is 16.4 Å². The Morgan fingerprint density at radius 2 is 1.95 bits per heavy atom. The number of nitrogens with one attached hydrogen (secondary N) is 1. The number of rotatable bonds is 5. The van der Waals surface area contributed by atoms with Gasteiger partial charge in [0.05, 0.1) is 12.4 Å². The molecular weight excluding hydrogens is 294 g/mol. The van der Waals surface area contributed by atoms with Gasteiger partial charge in [-0.25, -0.2) is 12.8 Å². The van der Waals surface area contributed by atoms with Gasteiger partial charge in [-0.2, -0.15) is 0 Å². The van der Waals surface area contributed by atoms with Crippen LogP contribution in [0.3, 0.4) is 0 Å². The van der Waals surface area contributed by atoms with Gasteiger partial charge < -0.3 is 9.52 Å². The van der Waals surface area contributed by atoms with Gasteiger partial charge in [-0.15, -0.1) is 0 Å². The molecule has 1 aromatic heterocycles. The fourth-order valence-corrected chi connectivity index (χ4v) is 6.28. The van der Waals surface area contributed by atoms with Gasteiger partial charge in [0.25, 0.3) is 10.0 Å². The van der Waals surface area contributed by atoms with Crippen molar-refractivity contribution in [3.8, 4) is 0 Å². The normalized spacial score (nSPS) is 15.3. The molecule has 1 heterocycles. The van der Waals surface area contributed by atoms with E-state index in [4.69, 9.17) is 4.42 Å². The summed E-state index contributed by atoms with van der Waals surface area (Å²) in [5.41, 5.74) is 0.676. The van der Waals surface area contributed by atoms with Crippen LogP contribution in [0.25, 0.3) is 0 Å². The Morgan fingerprint density at radius 1 is 1.40 bits per heavy atom. The molecule has 0 bridgehead atoms. The van der Waals surface area contributed by atoms with Crippen molar-refractivity contribution in [1.29, 1.82) is 0 Å². The number of furan rings is 1. The number of hydrogen-bond acceptors (Lipinski definition) is 4. The Labute approximate surface area is 122 Å². The van der Waals surface area contributed by atoms with E-state index in [1.54, 1.807) is 6.92 Å². The summed E-state index contributed by atoms with van der Waals surface area (Å²) in [6.07, 6.45) is 1.22. The Morgan fingerprint density at radius 3 is 2.40 bits per heavy atom. The summed E-state index contributed by atoms with van der Waals surface area (Å²) >= 11 is 0. The summed E-state index contributed by atoms with van der Waals surface area (Å²) < 4.78 is 32.7. The van der Waals surface area contributed by atoms with Crippen molar-refractivity contribution in [2.45, 2.75) is 63.4 Å². The highest BCUT2D eigenvalue weighted by Gasteiger charge is 2.40. The molecule has 1 rings (SSSR count). The molecule has 0 saturated heterocycles. The van der Waals surface area contributed by atoms with E-state index in [2.05, 4.69) is 4.39 Å². The highest BCUT2D eigenvalue weighted by molar-refractivity contribution is 7.90. The highest BCUT2D eigenvalue weighted by atomic mass is 32.2. The second kappa shape index (κ2) is 5.63. The minimum Gasteiger partial charge on any atom is -0.451 e. The molecule has 2 N–H and O–H groups in total. The zero-order valence-electron chi connectivity index (χ0n) is 13.0. The lowest BCUT2D eigenvalue weighted by Gasteiger charge is -2.36. The highest BCUT2D eigenvalue weighted by Crippen LogP contribution is 2.35. The fourth-order valence-electron chi connectivity index (χ4n) is 1.48. The van der Waals surface area contributed by atoms with Gasteiger partial charge in [-0.3, -0.25) is 0 Å². The molecule has 0 aliphatic carbocycles. The van der Waals surface area contributed by atoms with Crippen molar-refractivity contribution < 1.29 is 17.9 Å². The molecule has 0 spiro atoms. The lowest BCUT2D eigenvalue weighted by Crippen LogP contribution is -2.54. The van der Waals surface area contributed by atoms with Crippen LogP contribution in [0.5, 0.6) is 0 Å². The fraction of sp³-hybridized carbons (Fsp3) is 0.692. The summed E-state index contributed by atoms with van der Waals surface area (Å²) in [7, 11) is -5.85. The van der Waals surface area contributed by atoms with Crippen LogP contribution in [-0.4, -0.2) is 27.9 Å². The van der Waals surface area contributed by atoms with Crippen LogP contribution in [0, 0.1) is 0 Å². The minimum absolute atomic E-state index is 0.0852. The first-order valence-electron chi connectivity index (χ1n) is 6.64. The molecule has 1 unspecified atom stereocenters. The van der Waals surface area contributed by atoms with E-state index >= 15 is 0 Å². The SMILES string of the molecule is CC(O)Cc1coc(S(=O)(=O)N[Si](C)(C)C(C)(C)C)c1. The minimum atomic E-state index is -3.65. The molecule has 0 amide bonds. The van der Waals surface area contributed by atoms with Crippen molar-refractivity contribution >= 4 is 18.3 Å². The molecule has 0 aromatic carbocycles. The summed E-state index contributed by atoms with van der Waals surface area (Å²) in [5.74, 6) is 0. The van der Waals surface area contributed by atoms with Gasteiger partial charge in [-0.05, 0) is 17.5 Å². The van der Waals surface area contributed by atoms with E-state index in [-0.39, 0.29) is 10.1 Å². The van der Waals surface area contributed by atoms with E-state index in [0.717, 1.165) is 0 Å². The van der Waals surface area contributed by atoms with Crippen LogP contribution < -0.4 is 4.39 Å². The molecule has 0 fully saturated rings. The van der Waals surface area contributed by atoms with Gasteiger partial charge in [0.1, 0.15) is 8.24 Å². The van der Waals surface area contributed by atoms with Gasteiger partial charge in [0.15, 0.2) is 0 Å². The van der Waals surface area contributed by atoms with Gasteiger partial charge in [0, 0.05) is 12.5 Å². The Balaban J connectivity index is 2.98. The summed E-state index contributed by atoms with van der Waals surface area (Å²) in [6.45, 7) is 11.7. The number of aliphatic hydroxyl groups is 1.